The number of fused-ring (bicyclic) bond motifs is 2. The number of imidazole rings is 1. The maximum atomic E-state index is 13.6. The van der Waals surface area contributed by atoms with E-state index in [4.69, 9.17) is 9.47 Å². The van der Waals surface area contributed by atoms with Crippen molar-refractivity contribution in [3.8, 4) is 0 Å². The first-order valence-corrected chi connectivity index (χ1v) is 10.2. The topological polar surface area (TPSA) is 67.4 Å². The van der Waals surface area contributed by atoms with Crippen LogP contribution < -0.4 is 5.69 Å². The molecular weight excluding hydrogens is 394 g/mol. The van der Waals surface area contributed by atoms with Gasteiger partial charge in [0, 0.05) is 31.3 Å². The Kier molecular flexibility index (Phi) is 5.69. The molecule has 0 radical (unpaired) electrons. The van der Waals surface area contributed by atoms with E-state index in [1.807, 2.05) is 37.4 Å². The average molecular weight is 421 g/mol. The van der Waals surface area contributed by atoms with Crippen molar-refractivity contribution in [2.45, 2.75) is 25.9 Å². The Morgan fingerprint density at radius 1 is 1.03 bits per heavy atom. The molecular formula is C24H27N3O4. The van der Waals surface area contributed by atoms with Gasteiger partial charge in [0.05, 0.1) is 43.8 Å². The number of rotatable bonds is 7. The normalized spacial score (nSPS) is 12.5. The summed E-state index contributed by atoms with van der Waals surface area (Å²) in [5, 5.41) is 1.16. The number of methoxy groups -OCH3 is 2. The van der Waals surface area contributed by atoms with Gasteiger partial charge in [-0.05, 0) is 36.2 Å². The lowest BCUT2D eigenvalue weighted by Crippen LogP contribution is -2.31. The molecule has 7 heteroatoms. The van der Waals surface area contributed by atoms with Crippen LogP contribution in [0.15, 0.2) is 53.5 Å². The zero-order valence-electron chi connectivity index (χ0n) is 18.3. The van der Waals surface area contributed by atoms with Crippen LogP contribution in [0.1, 0.15) is 23.6 Å². The molecule has 7 nitrogen and oxygen atoms in total. The van der Waals surface area contributed by atoms with Gasteiger partial charge < -0.3 is 14.0 Å². The van der Waals surface area contributed by atoms with Gasteiger partial charge in [-0.2, -0.15) is 0 Å². The van der Waals surface area contributed by atoms with E-state index >= 15 is 0 Å². The fourth-order valence-electron chi connectivity index (χ4n) is 4.45. The predicted octanol–water partition coefficient (Wildman–Crippen LogP) is 3.40. The number of nitrogens with zero attached hydrogens (tertiary/aromatic N) is 3. The van der Waals surface area contributed by atoms with E-state index in [-0.39, 0.29) is 24.7 Å². The smallest absolute Gasteiger partial charge is 0.329 e. The molecule has 4 aromatic rings. The third-order valence-corrected chi connectivity index (χ3v) is 5.85. The SMILES string of the molecule is COCC(CC(=O)OC)n1c(=O)n(Cc2cn(C)c3cccc(C)c23)c2ccccc21. The molecule has 0 aliphatic heterocycles. The van der Waals surface area contributed by atoms with Gasteiger partial charge in [-0.3, -0.25) is 13.9 Å². The summed E-state index contributed by atoms with van der Waals surface area (Å²) in [6, 6.07) is 13.4. The molecule has 1 atom stereocenters. The number of benzene rings is 2. The molecule has 0 spiro atoms. The maximum absolute atomic E-state index is 13.6. The molecule has 0 fully saturated rings. The number of hydrogen-bond donors (Lipinski definition) is 0. The molecule has 0 aliphatic carbocycles. The Hall–Kier alpha value is -3.32. The molecule has 162 valence electrons. The lowest BCUT2D eigenvalue weighted by Gasteiger charge is -2.16. The van der Waals surface area contributed by atoms with Crippen molar-refractivity contribution in [1.82, 2.24) is 13.7 Å². The fourth-order valence-corrected chi connectivity index (χ4v) is 4.45. The van der Waals surface area contributed by atoms with E-state index in [9.17, 15) is 9.59 Å². The van der Waals surface area contributed by atoms with Gasteiger partial charge in [0.25, 0.3) is 0 Å². The molecule has 0 aliphatic rings. The van der Waals surface area contributed by atoms with Crippen LogP contribution in [0.4, 0.5) is 0 Å². The van der Waals surface area contributed by atoms with Gasteiger partial charge >= 0.3 is 11.7 Å². The third-order valence-electron chi connectivity index (χ3n) is 5.85. The largest absolute Gasteiger partial charge is 0.469 e. The van der Waals surface area contributed by atoms with E-state index in [1.54, 1.807) is 16.2 Å². The average Bonchev–Trinajstić information content (AvgIpc) is 3.23. The van der Waals surface area contributed by atoms with Crippen molar-refractivity contribution >= 4 is 27.9 Å². The summed E-state index contributed by atoms with van der Waals surface area (Å²) in [7, 11) is 4.93. The highest BCUT2D eigenvalue weighted by atomic mass is 16.5. The number of ether oxygens (including phenoxy) is 2. The molecule has 0 amide bonds. The minimum absolute atomic E-state index is 0.0611. The minimum atomic E-state index is -0.453. The first kappa shape index (κ1) is 20.9. The number of esters is 1. The van der Waals surface area contributed by atoms with Crippen LogP contribution >= 0.6 is 0 Å². The zero-order valence-corrected chi connectivity index (χ0v) is 18.3. The van der Waals surface area contributed by atoms with Gasteiger partial charge in [0.15, 0.2) is 0 Å². The molecule has 0 N–H and O–H groups in total. The van der Waals surface area contributed by atoms with Gasteiger partial charge in [0.1, 0.15) is 0 Å². The second kappa shape index (κ2) is 8.43. The second-order valence-corrected chi connectivity index (χ2v) is 7.85. The number of hydrogen-bond acceptors (Lipinski definition) is 4. The molecule has 31 heavy (non-hydrogen) atoms. The van der Waals surface area contributed by atoms with Gasteiger partial charge in [-0.25, -0.2) is 4.79 Å². The molecule has 1 unspecified atom stereocenters. The van der Waals surface area contributed by atoms with Crippen LogP contribution in [0.25, 0.3) is 21.9 Å². The molecule has 4 rings (SSSR count). The molecule has 0 saturated carbocycles. The Bertz CT molecular complexity index is 1310. The van der Waals surface area contributed by atoms with E-state index < -0.39 is 6.04 Å². The van der Waals surface area contributed by atoms with Crippen LogP contribution in [-0.2, 0) is 27.9 Å². The summed E-state index contributed by atoms with van der Waals surface area (Å²) in [6.45, 7) is 2.76. The van der Waals surface area contributed by atoms with Crippen molar-refractivity contribution in [3.63, 3.8) is 0 Å². The molecule has 2 heterocycles. The monoisotopic (exact) mass is 421 g/mol. The summed E-state index contributed by atoms with van der Waals surface area (Å²) in [6.07, 6.45) is 2.14. The van der Waals surface area contributed by atoms with E-state index in [1.165, 1.54) is 12.7 Å². The van der Waals surface area contributed by atoms with E-state index in [0.717, 1.165) is 27.5 Å². The summed E-state index contributed by atoms with van der Waals surface area (Å²) < 4.78 is 15.7. The van der Waals surface area contributed by atoms with Crippen LogP contribution in [0.3, 0.4) is 0 Å². The molecule has 2 aromatic heterocycles. The van der Waals surface area contributed by atoms with Crippen molar-refractivity contribution in [3.05, 3.63) is 70.3 Å². The Labute approximate surface area is 180 Å². The van der Waals surface area contributed by atoms with Crippen LogP contribution in [0.2, 0.25) is 0 Å². The van der Waals surface area contributed by atoms with E-state index in [2.05, 4.69) is 29.8 Å². The number of aryl methyl sites for hydroxylation is 2. The standard InChI is InChI=1S/C24H27N3O4/c1-16-8-7-11-21-23(16)17(13-25(21)2)14-26-19-9-5-6-10-20(19)27(24(26)29)18(15-30-3)12-22(28)31-4/h5-11,13,18H,12,14-15H2,1-4H3. The lowest BCUT2D eigenvalue weighted by molar-refractivity contribution is -0.141. The Balaban J connectivity index is 1.88. The maximum Gasteiger partial charge on any atom is 0.329 e. The molecule has 0 bridgehead atoms. The lowest BCUT2D eigenvalue weighted by atomic mass is 10.1. The van der Waals surface area contributed by atoms with Gasteiger partial charge in [-0.1, -0.05) is 24.3 Å². The fraction of sp³-hybridized carbons (Fsp3) is 0.333. The van der Waals surface area contributed by atoms with Crippen molar-refractivity contribution in [2.75, 3.05) is 20.8 Å². The summed E-state index contributed by atoms with van der Waals surface area (Å²) in [5.41, 5.74) is 4.82. The van der Waals surface area contributed by atoms with Crippen LogP contribution in [0, 0.1) is 6.92 Å². The molecule has 0 saturated heterocycles. The first-order valence-electron chi connectivity index (χ1n) is 10.2. The quantitative estimate of drug-likeness (QED) is 0.429. The highest BCUT2D eigenvalue weighted by Crippen LogP contribution is 2.27. The summed E-state index contributed by atoms with van der Waals surface area (Å²) >= 11 is 0. The molecule has 2 aromatic carbocycles. The van der Waals surface area contributed by atoms with Crippen molar-refractivity contribution < 1.29 is 14.3 Å². The number of carbonyl (C=O) groups is 1. The van der Waals surface area contributed by atoms with Gasteiger partial charge in [0.2, 0.25) is 0 Å². The Morgan fingerprint density at radius 2 is 1.74 bits per heavy atom. The first-order chi connectivity index (χ1) is 15.0. The zero-order chi connectivity index (χ0) is 22.1. The highest BCUT2D eigenvalue weighted by Gasteiger charge is 2.24. The predicted molar refractivity (Wildman–Crippen MR) is 121 cm³/mol. The second-order valence-electron chi connectivity index (χ2n) is 7.85. The van der Waals surface area contributed by atoms with Crippen molar-refractivity contribution in [2.24, 2.45) is 7.05 Å². The van der Waals surface area contributed by atoms with Crippen LogP contribution in [0.5, 0.6) is 0 Å². The number of carbonyl (C=O) groups excluding carboxylic acids is 1. The Morgan fingerprint density at radius 3 is 2.45 bits per heavy atom. The van der Waals surface area contributed by atoms with Crippen LogP contribution in [-0.4, -0.2) is 40.5 Å². The van der Waals surface area contributed by atoms with Gasteiger partial charge in [-0.15, -0.1) is 0 Å². The number of aromatic nitrogens is 3. The van der Waals surface area contributed by atoms with Crippen molar-refractivity contribution in [1.29, 1.82) is 0 Å². The minimum Gasteiger partial charge on any atom is -0.469 e. The van der Waals surface area contributed by atoms with E-state index in [0.29, 0.717) is 6.54 Å². The summed E-state index contributed by atoms with van der Waals surface area (Å²) in [5.74, 6) is -0.379. The highest BCUT2D eigenvalue weighted by molar-refractivity contribution is 5.87. The summed E-state index contributed by atoms with van der Waals surface area (Å²) in [4.78, 5) is 25.6. The number of para-hydroxylation sites is 2. The third kappa shape index (κ3) is 3.65.